The normalized spacial score (nSPS) is 11.0. The van der Waals surface area contributed by atoms with Gasteiger partial charge in [0.25, 0.3) is 5.91 Å². The molecule has 0 spiro atoms. The lowest BCUT2D eigenvalue weighted by molar-refractivity contribution is 0.0949. The van der Waals surface area contributed by atoms with Gasteiger partial charge in [0.05, 0.1) is 11.4 Å². The molecule has 0 aliphatic carbocycles. The van der Waals surface area contributed by atoms with Crippen molar-refractivity contribution in [2.75, 3.05) is 6.54 Å². The van der Waals surface area contributed by atoms with E-state index in [0.29, 0.717) is 34.0 Å². The molecule has 4 rings (SSSR count). The smallest absolute Gasteiger partial charge is 0.270 e. The Kier molecular flexibility index (Phi) is 7.19. The van der Waals surface area contributed by atoms with Gasteiger partial charge in [-0.15, -0.1) is 21.5 Å². The van der Waals surface area contributed by atoms with Crippen LogP contribution in [0.15, 0.2) is 53.3 Å². The van der Waals surface area contributed by atoms with Gasteiger partial charge in [0.15, 0.2) is 11.0 Å². The number of thiazole rings is 1. The van der Waals surface area contributed by atoms with Gasteiger partial charge in [-0.25, -0.2) is 4.98 Å². The van der Waals surface area contributed by atoms with Crippen molar-refractivity contribution in [3.05, 3.63) is 69.4 Å². The predicted octanol–water partition coefficient (Wildman–Crippen LogP) is 5.18. The number of aryl methyl sites for hydroxylation is 1. The lowest BCUT2D eigenvalue weighted by Gasteiger charge is -2.13. The second-order valence-corrected chi connectivity index (χ2v) is 9.31. The molecule has 3 heterocycles. The number of hydrogen-bond acceptors (Lipinski definition) is 7. The third kappa shape index (κ3) is 5.01. The molecule has 0 aliphatic heterocycles. The van der Waals surface area contributed by atoms with Gasteiger partial charge in [-0.3, -0.25) is 14.3 Å². The molecular formula is C22H21ClN6OS2. The van der Waals surface area contributed by atoms with E-state index >= 15 is 0 Å². The van der Waals surface area contributed by atoms with E-state index in [2.05, 4.69) is 25.5 Å². The fourth-order valence-corrected chi connectivity index (χ4v) is 4.93. The Morgan fingerprint density at radius 2 is 2.16 bits per heavy atom. The van der Waals surface area contributed by atoms with Crippen molar-refractivity contribution in [2.45, 2.75) is 31.2 Å². The summed E-state index contributed by atoms with van der Waals surface area (Å²) in [6.07, 6.45) is 4.37. The SMILES string of the molecule is CCCNC(=O)c1csc(CSc2nnc(-c3cccnc3)n2-c2cc(Cl)ccc2C)n1. The highest BCUT2D eigenvalue weighted by atomic mass is 35.5. The molecule has 0 radical (unpaired) electrons. The van der Waals surface area contributed by atoms with Gasteiger partial charge in [0, 0.05) is 34.9 Å². The number of halogens is 1. The van der Waals surface area contributed by atoms with Crippen molar-refractivity contribution >= 4 is 40.6 Å². The van der Waals surface area contributed by atoms with E-state index in [-0.39, 0.29) is 5.91 Å². The van der Waals surface area contributed by atoms with Crippen LogP contribution in [0.2, 0.25) is 5.02 Å². The number of carbonyl (C=O) groups excluding carboxylic acids is 1. The zero-order valence-corrected chi connectivity index (χ0v) is 20.0. The fraction of sp³-hybridized carbons (Fsp3) is 0.227. The summed E-state index contributed by atoms with van der Waals surface area (Å²) in [5, 5.41) is 15.7. The highest BCUT2D eigenvalue weighted by Crippen LogP contribution is 2.32. The number of hydrogen-bond donors (Lipinski definition) is 1. The van der Waals surface area contributed by atoms with Gasteiger partial charge >= 0.3 is 0 Å². The number of amides is 1. The van der Waals surface area contributed by atoms with E-state index in [9.17, 15) is 4.79 Å². The molecule has 0 atom stereocenters. The summed E-state index contributed by atoms with van der Waals surface area (Å²) in [5.41, 5.74) is 3.26. The summed E-state index contributed by atoms with van der Waals surface area (Å²) in [7, 11) is 0. The Morgan fingerprint density at radius 1 is 1.28 bits per heavy atom. The molecule has 1 amide bonds. The van der Waals surface area contributed by atoms with Crippen LogP contribution >= 0.6 is 34.7 Å². The third-order valence-corrected chi connectivity index (χ3v) is 6.82. The van der Waals surface area contributed by atoms with Crippen LogP contribution in [0.1, 0.15) is 34.4 Å². The Morgan fingerprint density at radius 3 is 2.94 bits per heavy atom. The predicted molar refractivity (Wildman–Crippen MR) is 129 cm³/mol. The van der Waals surface area contributed by atoms with E-state index in [1.165, 1.54) is 23.1 Å². The van der Waals surface area contributed by atoms with Gasteiger partial charge in [-0.1, -0.05) is 36.4 Å². The van der Waals surface area contributed by atoms with Crippen LogP contribution in [-0.4, -0.2) is 37.2 Å². The van der Waals surface area contributed by atoms with E-state index in [1.807, 2.05) is 48.7 Å². The summed E-state index contributed by atoms with van der Waals surface area (Å²) < 4.78 is 1.99. The van der Waals surface area contributed by atoms with Crippen LogP contribution in [-0.2, 0) is 5.75 Å². The van der Waals surface area contributed by atoms with Crippen LogP contribution in [0.5, 0.6) is 0 Å². The van der Waals surface area contributed by atoms with Crippen molar-refractivity contribution in [3.8, 4) is 17.1 Å². The van der Waals surface area contributed by atoms with E-state index in [1.54, 1.807) is 17.8 Å². The topological polar surface area (TPSA) is 85.6 Å². The average molecular weight is 485 g/mol. The maximum Gasteiger partial charge on any atom is 0.270 e. The van der Waals surface area contributed by atoms with Crippen molar-refractivity contribution in [1.29, 1.82) is 0 Å². The van der Waals surface area contributed by atoms with Crippen molar-refractivity contribution in [3.63, 3.8) is 0 Å². The number of pyridine rings is 1. The minimum atomic E-state index is -0.143. The van der Waals surface area contributed by atoms with Crippen molar-refractivity contribution in [2.24, 2.45) is 0 Å². The summed E-state index contributed by atoms with van der Waals surface area (Å²) in [5.74, 6) is 1.11. The largest absolute Gasteiger partial charge is 0.351 e. The number of carbonyl (C=O) groups is 1. The second kappa shape index (κ2) is 10.2. The number of aromatic nitrogens is 5. The van der Waals surface area contributed by atoms with E-state index < -0.39 is 0 Å². The minimum absolute atomic E-state index is 0.143. The molecule has 1 aromatic carbocycles. The summed E-state index contributed by atoms with van der Waals surface area (Å²) in [4.78, 5) is 20.8. The molecule has 3 aromatic heterocycles. The molecule has 0 aliphatic rings. The molecule has 4 aromatic rings. The number of nitrogens with one attached hydrogen (secondary N) is 1. The molecule has 164 valence electrons. The monoisotopic (exact) mass is 484 g/mol. The van der Waals surface area contributed by atoms with Crippen LogP contribution in [0.4, 0.5) is 0 Å². The molecule has 32 heavy (non-hydrogen) atoms. The lowest BCUT2D eigenvalue weighted by atomic mass is 10.2. The van der Waals surface area contributed by atoms with Crippen molar-refractivity contribution in [1.82, 2.24) is 30.0 Å². The molecule has 1 N–H and O–H groups in total. The number of thioether (sulfide) groups is 1. The maximum absolute atomic E-state index is 12.1. The van der Waals surface area contributed by atoms with Gasteiger partial charge in [-0.2, -0.15) is 0 Å². The van der Waals surface area contributed by atoms with Crippen LogP contribution in [0.25, 0.3) is 17.1 Å². The van der Waals surface area contributed by atoms with Gasteiger partial charge in [0.2, 0.25) is 0 Å². The van der Waals surface area contributed by atoms with Crippen LogP contribution < -0.4 is 5.32 Å². The van der Waals surface area contributed by atoms with Crippen molar-refractivity contribution < 1.29 is 4.79 Å². The highest BCUT2D eigenvalue weighted by Gasteiger charge is 2.19. The Hall–Kier alpha value is -2.75. The van der Waals surface area contributed by atoms with Crippen LogP contribution in [0, 0.1) is 6.92 Å². The Labute approximate surface area is 199 Å². The van der Waals surface area contributed by atoms with Gasteiger partial charge in [-0.05, 0) is 43.2 Å². The quantitative estimate of drug-likeness (QED) is 0.347. The summed E-state index contributed by atoms with van der Waals surface area (Å²) in [6, 6.07) is 9.56. The number of nitrogens with zero attached hydrogens (tertiary/aromatic N) is 5. The summed E-state index contributed by atoms with van der Waals surface area (Å²) in [6.45, 7) is 4.68. The molecule has 0 fully saturated rings. The standard InChI is InChI=1S/C22H21ClN6OS2/c1-3-8-25-21(30)17-12-31-19(26-17)13-32-22-28-27-20(15-5-4-9-24-11-15)29(22)18-10-16(23)7-6-14(18)2/h4-7,9-12H,3,8,13H2,1-2H3,(H,25,30). The number of rotatable bonds is 8. The van der Waals surface area contributed by atoms with Gasteiger partial charge < -0.3 is 5.32 Å². The molecule has 0 saturated heterocycles. The Bertz CT molecular complexity index is 1220. The third-order valence-electron chi connectivity index (χ3n) is 4.61. The van der Waals surface area contributed by atoms with E-state index in [0.717, 1.165) is 28.2 Å². The fourth-order valence-electron chi connectivity index (χ4n) is 3.02. The zero-order valence-electron chi connectivity index (χ0n) is 17.6. The minimum Gasteiger partial charge on any atom is -0.351 e. The first-order chi connectivity index (χ1) is 15.6. The molecular weight excluding hydrogens is 464 g/mol. The first-order valence-electron chi connectivity index (χ1n) is 10.0. The highest BCUT2D eigenvalue weighted by molar-refractivity contribution is 7.98. The molecule has 0 bridgehead atoms. The lowest BCUT2D eigenvalue weighted by Crippen LogP contribution is -2.24. The number of benzene rings is 1. The molecule has 0 saturated carbocycles. The molecule has 0 unspecified atom stereocenters. The zero-order chi connectivity index (χ0) is 22.5. The molecule has 7 nitrogen and oxygen atoms in total. The second-order valence-electron chi connectivity index (χ2n) is 6.99. The summed E-state index contributed by atoms with van der Waals surface area (Å²) >= 11 is 9.28. The first kappa shape index (κ1) is 22.4. The Balaban J connectivity index is 1.64. The first-order valence-corrected chi connectivity index (χ1v) is 12.3. The van der Waals surface area contributed by atoms with Crippen LogP contribution in [0.3, 0.4) is 0 Å². The average Bonchev–Trinajstić information content (AvgIpc) is 3.45. The van der Waals surface area contributed by atoms with E-state index in [4.69, 9.17) is 11.6 Å². The van der Waals surface area contributed by atoms with Gasteiger partial charge in [0.1, 0.15) is 10.7 Å². The molecule has 10 heteroatoms. The maximum atomic E-state index is 12.1.